The normalized spacial score (nSPS) is 11.0. The molecular formula is C27H20FN5. The molecule has 2 heterocycles. The van der Waals surface area contributed by atoms with Crippen LogP contribution >= 0.6 is 0 Å². The van der Waals surface area contributed by atoms with E-state index in [1.54, 1.807) is 6.20 Å². The summed E-state index contributed by atoms with van der Waals surface area (Å²) in [6.45, 7) is 0.945. The van der Waals surface area contributed by atoms with E-state index >= 15 is 4.39 Å². The van der Waals surface area contributed by atoms with Crippen molar-refractivity contribution in [2.24, 2.45) is 0 Å². The maximum atomic E-state index is 15.1. The molecule has 0 N–H and O–H groups in total. The van der Waals surface area contributed by atoms with Crippen molar-refractivity contribution >= 4 is 21.8 Å². The number of aromatic nitrogens is 3. The van der Waals surface area contributed by atoms with Gasteiger partial charge in [-0.15, -0.1) is 0 Å². The van der Waals surface area contributed by atoms with Crippen molar-refractivity contribution in [3.63, 3.8) is 0 Å². The topological polar surface area (TPSA) is 70.3 Å². The van der Waals surface area contributed by atoms with Gasteiger partial charge in [-0.25, -0.2) is 9.37 Å². The van der Waals surface area contributed by atoms with Crippen LogP contribution in [0.2, 0.25) is 0 Å². The summed E-state index contributed by atoms with van der Waals surface area (Å²) in [5, 5.41) is 20.7. The predicted octanol–water partition coefficient (Wildman–Crippen LogP) is 5.89. The zero-order valence-electron chi connectivity index (χ0n) is 17.9. The van der Waals surface area contributed by atoms with Crippen LogP contribution in [0.15, 0.2) is 73.3 Å². The van der Waals surface area contributed by atoms with Crippen molar-refractivity contribution in [2.45, 2.75) is 25.8 Å². The Kier molecular flexibility index (Phi) is 5.34. The molecule has 3 aromatic carbocycles. The van der Waals surface area contributed by atoms with Crippen molar-refractivity contribution in [3.8, 4) is 17.8 Å². The van der Waals surface area contributed by atoms with Crippen LogP contribution in [-0.4, -0.2) is 14.1 Å². The molecule has 6 heteroatoms. The lowest BCUT2D eigenvalue weighted by Gasteiger charge is -2.11. The molecule has 0 radical (unpaired) electrons. The minimum absolute atomic E-state index is 0.0393. The highest BCUT2D eigenvalue weighted by Gasteiger charge is 2.17. The van der Waals surface area contributed by atoms with Crippen LogP contribution in [0.5, 0.6) is 0 Å². The average Bonchev–Trinajstić information content (AvgIpc) is 3.48. The van der Waals surface area contributed by atoms with Gasteiger partial charge in [0, 0.05) is 29.7 Å². The highest BCUT2D eigenvalue weighted by atomic mass is 19.1. The fourth-order valence-electron chi connectivity index (χ4n) is 4.40. The Bertz CT molecular complexity index is 1550. The Morgan fingerprint density at radius 3 is 2.45 bits per heavy atom. The Balaban J connectivity index is 1.55. The molecule has 0 aliphatic rings. The lowest BCUT2D eigenvalue weighted by atomic mass is 10.0. The maximum absolute atomic E-state index is 15.1. The van der Waals surface area contributed by atoms with Crippen molar-refractivity contribution < 1.29 is 4.39 Å². The quantitative estimate of drug-likeness (QED) is 0.314. The second-order valence-electron chi connectivity index (χ2n) is 8.03. The van der Waals surface area contributed by atoms with Gasteiger partial charge < -0.3 is 9.13 Å². The summed E-state index contributed by atoms with van der Waals surface area (Å²) in [7, 11) is 0. The van der Waals surface area contributed by atoms with Gasteiger partial charge in [-0.1, -0.05) is 24.3 Å². The fourth-order valence-corrected chi connectivity index (χ4v) is 4.40. The SMILES string of the molecule is N#Cc1cc(F)c(-n2c3ccccc3c3cc(CCCCn4ccnc4)ccc32)cc1C#N. The standard InChI is InChI=1S/C27H20FN5/c28-24-14-20(16-29)21(17-30)15-27(24)33-25-7-2-1-6-22(25)23-13-19(8-9-26(23)33)5-3-4-11-32-12-10-31-18-32/h1-2,6-10,12-15,18H,3-5,11H2. The summed E-state index contributed by atoms with van der Waals surface area (Å²) in [6.07, 6.45) is 8.66. The van der Waals surface area contributed by atoms with Crippen molar-refractivity contribution in [1.29, 1.82) is 10.5 Å². The number of para-hydroxylation sites is 1. The average molecular weight is 433 g/mol. The summed E-state index contributed by atoms with van der Waals surface area (Å²) in [5.41, 5.74) is 3.42. The number of hydrogen-bond acceptors (Lipinski definition) is 3. The molecule has 0 bridgehead atoms. The molecule has 0 amide bonds. The molecule has 0 unspecified atom stereocenters. The molecule has 0 saturated heterocycles. The molecule has 5 aromatic rings. The second kappa shape index (κ2) is 8.61. The van der Waals surface area contributed by atoms with E-state index < -0.39 is 5.82 Å². The zero-order valence-corrected chi connectivity index (χ0v) is 17.9. The lowest BCUT2D eigenvalue weighted by molar-refractivity contribution is 0.609. The van der Waals surface area contributed by atoms with Crippen LogP contribution in [-0.2, 0) is 13.0 Å². The van der Waals surface area contributed by atoms with Gasteiger partial charge in [0.2, 0.25) is 0 Å². The molecule has 0 aliphatic carbocycles. The van der Waals surface area contributed by atoms with E-state index in [1.165, 1.54) is 11.6 Å². The van der Waals surface area contributed by atoms with E-state index in [0.29, 0.717) is 0 Å². The van der Waals surface area contributed by atoms with Gasteiger partial charge in [0.1, 0.15) is 18.0 Å². The molecule has 2 aromatic heterocycles. The van der Waals surface area contributed by atoms with Gasteiger partial charge >= 0.3 is 0 Å². The van der Waals surface area contributed by atoms with Crippen LogP contribution < -0.4 is 0 Å². The van der Waals surface area contributed by atoms with E-state index in [-0.39, 0.29) is 16.8 Å². The summed E-state index contributed by atoms with van der Waals surface area (Å²) >= 11 is 0. The first-order chi connectivity index (χ1) is 16.2. The van der Waals surface area contributed by atoms with E-state index in [1.807, 2.05) is 59.6 Å². The molecule has 5 nitrogen and oxygen atoms in total. The maximum Gasteiger partial charge on any atom is 0.148 e. The number of imidazole rings is 1. The fraction of sp³-hybridized carbons (Fsp3) is 0.148. The number of hydrogen-bond donors (Lipinski definition) is 0. The number of aryl methyl sites for hydroxylation is 2. The lowest BCUT2D eigenvalue weighted by Crippen LogP contribution is -2.00. The number of nitrogens with zero attached hydrogens (tertiary/aromatic N) is 5. The Hall–Kier alpha value is -4.42. The van der Waals surface area contributed by atoms with E-state index in [2.05, 4.69) is 21.7 Å². The van der Waals surface area contributed by atoms with Gasteiger partial charge in [0.25, 0.3) is 0 Å². The van der Waals surface area contributed by atoms with Gasteiger partial charge in [-0.2, -0.15) is 10.5 Å². The molecule has 33 heavy (non-hydrogen) atoms. The second-order valence-corrected chi connectivity index (χ2v) is 8.03. The number of nitriles is 2. The third-order valence-corrected chi connectivity index (χ3v) is 6.00. The first-order valence-electron chi connectivity index (χ1n) is 10.8. The summed E-state index contributed by atoms with van der Waals surface area (Å²) in [5.74, 6) is -0.531. The molecule has 0 atom stereocenters. The molecule has 0 spiro atoms. The molecule has 160 valence electrons. The first kappa shape index (κ1) is 20.5. The summed E-state index contributed by atoms with van der Waals surface area (Å²) in [4.78, 5) is 4.08. The number of halogens is 1. The third-order valence-electron chi connectivity index (χ3n) is 6.00. The van der Waals surface area contributed by atoms with Crippen molar-refractivity contribution in [3.05, 3.63) is 95.8 Å². The van der Waals surface area contributed by atoms with Gasteiger partial charge in [-0.05, 0) is 55.2 Å². The minimum atomic E-state index is -0.531. The van der Waals surface area contributed by atoms with Crippen molar-refractivity contribution in [1.82, 2.24) is 14.1 Å². The highest BCUT2D eigenvalue weighted by molar-refractivity contribution is 6.09. The van der Waals surface area contributed by atoms with E-state index in [9.17, 15) is 10.5 Å². The first-order valence-corrected chi connectivity index (χ1v) is 10.8. The highest BCUT2D eigenvalue weighted by Crippen LogP contribution is 2.34. The molecule has 0 aliphatic heterocycles. The van der Waals surface area contributed by atoms with Crippen LogP contribution in [0.4, 0.5) is 4.39 Å². The van der Waals surface area contributed by atoms with E-state index in [4.69, 9.17) is 0 Å². The Labute approximate surface area is 190 Å². The van der Waals surface area contributed by atoms with E-state index in [0.717, 1.165) is 53.7 Å². The van der Waals surface area contributed by atoms with Gasteiger partial charge in [0.05, 0.1) is 34.2 Å². The van der Waals surface area contributed by atoms with Gasteiger partial charge in [0.15, 0.2) is 0 Å². The molecule has 0 saturated carbocycles. The van der Waals surface area contributed by atoms with Gasteiger partial charge in [-0.3, -0.25) is 0 Å². The van der Waals surface area contributed by atoms with Crippen molar-refractivity contribution in [2.75, 3.05) is 0 Å². The Morgan fingerprint density at radius 1 is 0.879 bits per heavy atom. The Morgan fingerprint density at radius 2 is 1.67 bits per heavy atom. The number of fused-ring (bicyclic) bond motifs is 3. The minimum Gasteiger partial charge on any atom is -0.337 e. The molecular weight excluding hydrogens is 413 g/mol. The van der Waals surface area contributed by atoms with Crippen LogP contribution in [0.25, 0.3) is 27.5 Å². The van der Waals surface area contributed by atoms with Crippen LogP contribution in [0.3, 0.4) is 0 Å². The number of unbranched alkanes of at least 4 members (excludes halogenated alkanes) is 1. The predicted molar refractivity (Wildman–Crippen MR) is 125 cm³/mol. The molecule has 0 fully saturated rings. The van der Waals surface area contributed by atoms with Crippen LogP contribution in [0, 0.1) is 28.5 Å². The number of benzene rings is 3. The summed E-state index contributed by atoms with van der Waals surface area (Å²) < 4.78 is 19.0. The molecule has 5 rings (SSSR count). The van der Waals surface area contributed by atoms with Crippen LogP contribution in [0.1, 0.15) is 29.5 Å². The largest absolute Gasteiger partial charge is 0.337 e. The number of rotatable bonds is 6. The smallest absolute Gasteiger partial charge is 0.148 e. The summed E-state index contributed by atoms with van der Waals surface area (Å²) in [6, 6.07) is 20.7. The monoisotopic (exact) mass is 433 g/mol. The third kappa shape index (κ3) is 3.73. The zero-order chi connectivity index (χ0) is 22.8.